The van der Waals surface area contributed by atoms with E-state index in [1.54, 1.807) is 6.07 Å². The van der Waals surface area contributed by atoms with Gasteiger partial charge in [0.25, 0.3) is 0 Å². The van der Waals surface area contributed by atoms with Gasteiger partial charge < -0.3 is 9.32 Å². The maximum absolute atomic E-state index is 11.9. The van der Waals surface area contributed by atoms with E-state index in [2.05, 4.69) is 27.7 Å². The lowest BCUT2D eigenvalue weighted by atomic mass is 10.0. The molecule has 0 spiro atoms. The number of fused-ring (bicyclic) bond motifs is 1. The second-order valence-corrected chi connectivity index (χ2v) is 6.10. The van der Waals surface area contributed by atoms with Crippen molar-refractivity contribution in [2.24, 2.45) is 0 Å². The van der Waals surface area contributed by atoms with Crippen molar-refractivity contribution in [2.45, 2.75) is 20.4 Å². The van der Waals surface area contributed by atoms with Gasteiger partial charge in [-0.25, -0.2) is 9.36 Å². The Bertz CT molecular complexity index is 909. The number of aryl methyl sites for hydroxylation is 2. The van der Waals surface area contributed by atoms with Crippen LogP contribution in [0.1, 0.15) is 16.7 Å². The molecule has 118 valence electrons. The lowest BCUT2D eigenvalue weighted by Crippen LogP contribution is -2.34. The second-order valence-electron chi connectivity index (χ2n) is 6.10. The Labute approximate surface area is 135 Å². The molecular weight excluding hydrogens is 288 g/mol. The van der Waals surface area contributed by atoms with Gasteiger partial charge in [0.1, 0.15) is 5.58 Å². The van der Waals surface area contributed by atoms with Crippen LogP contribution in [0.5, 0.6) is 0 Å². The van der Waals surface area contributed by atoms with Gasteiger partial charge >= 0.3 is 5.63 Å². The van der Waals surface area contributed by atoms with Crippen LogP contribution in [0.2, 0.25) is 0 Å². The first-order valence-electron chi connectivity index (χ1n) is 7.65. The smallest absolute Gasteiger partial charge is 0.336 e. The van der Waals surface area contributed by atoms with Crippen molar-refractivity contribution in [2.75, 3.05) is 19.0 Å². The van der Waals surface area contributed by atoms with Crippen molar-refractivity contribution in [3.8, 4) is 0 Å². The molecule has 0 fully saturated rings. The van der Waals surface area contributed by atoms with Gasteiger partial charge in [0, 0.05) is 48.9 Å². The normalized spacial score (nSPS) is 11.0. The lowest BCUT2D eigenvalue weighted by Gasteiger charge is -2.11. The standard InChI is InChI=1S/C19H21N2O2/c1-13-5-6-17-15(11-18(22)23-19(17)14(13)2)12-21-9-7-16(8-10-21)20(3)4/h5-11H,12H2,1-4H3/q+1. The molecule has 0 atom stereocenters. The monoisotopic (exact) mass is 309 g/mol. The zero-order chi connectivity index (χ0) is 16.6. The van der Waals surface area contributed by atoms with Crippen LogP contribution in [0.15, 0.2) is 51.9 Å². The molecule has 0 aliphatic rings. The predicted octanol–water partition coefficient (Wildman–Crippen LogP) is 2.81. The molecule has 0 radical (unpaired) electrons. The van der Waals surface area contributed by atoms with Gasteiger partial charge in [0.2, 0.25) is 0 Å². The summed E-state index contributed by atoms with van der Waals surface area (Å²) >= 11 is 0. The molecule has 1 aromatic carbocycles. The Morgan fingerprint density at radius 3 is 2.43 bits per heavy atom. The van der Waals surface area contributed by atoms with Crippen LogP contribution in [0.25, 0.3) is 11.0 Å². The van der Waals surface area contributed by atoms with E-state index in [1.165, 1.54) is 0 Å². The SMILES string of the molecule is Cc1ccc2c(C[n+]3ccc(N(C)C)cc3)cc(=O)oc2c1C. The van der Waals surface area contributed by atoms with E-state index < -0.39 is 0 Å². The number of nitrogens with zero attached hydrogens (tertiary/aromatic N) is 2. The van der Waals surface area contributed by atoms with E-state index in [0.717, 1.165) is 27.8 Å². The third kappa shape index (κ3) is 2.97. The Balaban J connectivity index is 2.06. The highest BCUT2D eigenvalue weighted by molar-refractivity contribution is 5.83. The lowest BCUT2D eigenvalue weighted by molar-refractivity contribution is -0.688. The Hall–Kier alpha value is -2.62. The molecule has 2 aromatic heterocycles. The zero-order valence-corrected chi connectivity index (χ0v) is 14.0. The molecule has 4 heteroatoms. The van der Waals surface area contributed by atoms with Gasteiger partial charge in [-0.3, -0.25) is 0 Å². The number of rotatable bonds is 3. The van der Waals surface area contributed by atoms with Crippen LogP contribution < -0.4 is 15.1 Å². The van der Waals surface area contributed by atoms with E-state index in [1.807, 2.05) is 46.4 Å². The van der Waals surface area contributed by atoms with Crippen LogP contribution >= 0.6 is 0 Å². The highest BCUT2D eigenvalue weighted by Crippen LogP contribution is 2.23. The Morgan fingerprint density at radius 1 is 1.09 bits per heavy atom. The van der Waals surface area contributed by atoms with Crippen molar-refractivity contribution in [3.63, 3.8) is 0 Å². The number of benzene rings is 1. The highest BCUT2D eigenvalue weighted by Gasteiger charge is 2.13. The summed E-state index contributed by atoms with van der Waals surface area (Å²) in [4.78, 5) is 14.0. The van der Waals surface area contributed by atoms with Crippen LogP contribution in [0.4, 0.5) is 5.69 Å². The minimum atomic E-state index is -0.299. The van der Waals surface area contributed by atoms with Crippen LogP contribution in [-0.4, -0.2) is 14.1 Å². The first kappa shape index (κ1) is 15.3. The van der Waals surface area contributed by atoms with Gasteiger partial charge in [0.05, 0.1) is 0 Å². The fraction of sp³-hybridized carbons (Fsp3) is 0.263. The molecule has 0 aliphatic carbocycles. The molecule has 4 nitrogen and oxygen atoms in total. The fourth-order valence-corrected chi connectivity index (χ4v) is 2.71. The quantitative estimate of drug-likeness (QED) is 0.551. The average Bonchev–Trinajstić information content (AvgIpc) is 2.52. The number of aromatic nitrogens is 1. The molecule has 0 saturated heterocycles. The molecule has 2 heterocycles. The largest absolute Gasteiger partial charge is 0.422 e. The minimum Gasteiger partial charge on any atom is -0.422 e. The highest BCUT2D eigenvalue weighted by atomic mass is 16.4. The Kier molecular flexibility index (Phi) is 3.90. The molecule has 3 aromatic rings. The summed E-state index contributed by atoms with van der Waals surface area (Å²) in [5.74, 6) is 0. The number of anilines is 1. The minimum absolute atomic E-state index is 0.299. The summed E-state index contributed by atoms with van der Waals surface area (Å²) < 4.78 is 7.50. The molecule has 0 unspecified atom stereocenters. The van der Waals surface area contributed by atoms with Crippen LogP contribution in [0.3, 0.4) is 0 Å². The maximum Gasteiger partial charge on any atom is 0.336 e. The van der Waals surface area contributed by atoms with Crippen molar-refractivity contribution < 1.29 is 8.98 Å². The summed E-state index contributed by atoms with van der Waals surface area (Å²) in [7, 11) is 4.03. The third-order valence-electron chi connectivity index (χ3n) is 4.26. The van der Waals surface area contributed by atoms with E-state index in [0.29, 0.717) is 12.1 Å². The summed E-state index contributed by atoms with van der Waals surface area (Å²) in [6.45, 7) is 4.65. The summed E-state index contributed by atoms with van der Waals surface area (Å²) in [6, 6.07) is 9.81. The maximum atomic E-state index is 11.9. The molecule has 0 amide bonds. The zero-order valence-electron chi connectivity index (χ0n) is 14.0. The number of pyridine rings is 1. The van der Waals surface area contributed by atoms with E-state index in [9.17, 15) is 4.79 Å². The summed E-state index contributed by atoms with van der Waals surface area (Å²) in [5.41, 5.74) is 4.66. The summed E-state index contributed by atoms with van der Waals surface area (Å²) in [5, 5.41) is 0.997. The number of hydrogen-bond acceptors (Lipinski definition) is 3. The topological polar surface area (TPSA) is 37.3 Å². The summed E-state index contributed by atoms with van der Waals surface area (Å²) in [6.07, 6.45) is 4.05. The Morgan fingerprint density at radius 2 is 1.78 bits per heavy atom. The van der Waals surface area contributed by atoms with Crippen molar-refractivity contribution in [1.29, 1.82) is 0 Å². The first-order valence-corrected chi connectivity index (χ1v) is 7.65. The van der Waals surface area contributed by atoms with Gasteiger partial charge in [-0.1, -0.05) is 12.1 Å². The van der Waals surface area contributed by atoms with Gasteiger partial charge in [-0.15, -0.1) is 0 Å². The molecule has 0 N–H and O–H groups in total. The predicted molar refractivity (Wildman–Crippen MR) is 92.0 cm³/mol. The number of hydrogen-bond donors (Lipinski definition) is 0. The second kappa shape index (κ2) is 5.88. The first-order chi connectivity index (χ1) is 11.0. The molecule has 0 bridgehead atoms. The van der Waals surface area contributed by atoms with E-state index >= 15 is 0 Å². The van der Waals surface area contributed by atoms with Gasteiger partial charge in [0.15, 0.2) is 18.9 Å². The molecule has 23 heavy (non-hydrogen) atoms. The average molecular weight is 309 g/mol. The van der Waals surface area contributed by atoms with Gasteiger partial charge in [-0.2, -0.15) is 0 Å². The van der Waals surface area contributed by atoms with Gasteiger partial charge in [-0.05, 0) is 25.0 Å². The third-order valence-corrected chi connectivity index (χ3v) is 4.26. The van der Waals surface area contributed by atoms with Crippen molar-refractivity contribution >= 4 is 16.7 Å². The molecular formula is C19H21N2O2+. The van der Waals surface area contributed by atoms with Crippen LogP contribution in [0, 0.1) is 13.8 Å². The fourth-order valence-electron chi connectivity index (χ4n) is 2.71. The molecule has 0 saturated carbocycles. The molecule has 0 aliphatic heterocycles. The van der Waals surface area contributed by atoms with E-state index in [4.69, 9.17) is 4.42 Å². The van der Waals surface area contributed by atoms with Crippen LogP contribution in [-0.2, 0) is 6.54 Å². The van der Waals surface area contributed by atoms with E-state index in [-0.39, 0.29) is 5.63 Å². The molecule has 3 rings (SSSR count). The van der Waals surface area contributed by atoms with Crippen molar-refractivity contribution in [1.82, 2.24) is 0 Å². The van der Waals surface area contributed by atoms with Crippen molar-refractivity contribution in [3.05, 3.63) is 69.8 Å².